The molecule has 0 aromatic carbocycles. The topological polar surface area (TPSA) is 71.1 Å². The van der Waals surface area contributed by atoms with Gasteiger partial charge in [0.05, 0.1) is 6.26 Å². The summed E-state index contributed by atoms with van der Waals surface area (Å²) in [5, 5.41) is 3.40. The van der Waals surface area contributed by atoms with E-state index < -0.39 is 15.6 Å². The Hall–Kier alpha value is -0.980. The Labute approximate surface area is 128 Å². The number of aromatic nitrogens is 1. The number of rotatable bonds is 6. The summed E-state index contributed by atoms with van der Waals surface area (Å²) in [4.78, 5) is 4.51. The van der Waals surface area contributed by atoms with Gasteiger partial charge in [-0.25, -0.2) is 13.1 Å². The van der Waals surface area contributed by atoms with Gasteiger partial charge in [-0.15, -0.1) is 0 Å². The van der Waals surface area contributed by atoms with Crippen molar-refractivity contribution in [1.82, 2.24) is 15.0 Å². The van der Waals surface area contributed by atoms with Crippen molar-refractivity contribution in [2.24, 2.45) is 0 Å². The van der Waals surface area contributed by atoms with E-state index in [2.05, 4.69) is 34.9 Å². The molecule has 1 atom stereocenters. The van der Waals surface area contributed by atoms with E-state index in [-0.39, 0.29) is 6.04 Å². The molecule has 0 bridgehead atoms. The van der Waals surface area contributed by atoms with Gasteiger partial charge in [-0.3, -0.25) is 4.98 Å². The van der Waals surface area contributed by atoms with E-state index in [9.17, 15) is 8.42 Å². The maximum Gasteiger partial charge on any atom is 0.209 e. The van der Waals surface area contributed by atoms with Gasteiger partial charge in [-0.1, -0.05) is 0 Å². The number of nitrogens with one attached hydrogen (secondary N) is 2. The number of sulfonamides is 1. The zero-order chi connectivity index (χ0) is 16.4. The molecule has 120 valence electrons. The van der Waals surface area contributed by atoms with Gasteiger partial charge in [0.2, 0.25) is 10.0 Å². The maximum atomic E-state index is 11.4. The molecule has 0 spiro atoms. The van der Waals surface area contributed by atoms with Crippen LogP contribution in [0.25, 0.3) is 0 Å². The Kier molecular flexibility index (Phi) is 5.52. The largest absolute Gasteiger partial charge is 0.308 e. The van der Waals surface area contributed by atoms with Crippen LogP contribution < -0.4 is 10.0 Å². The first-order valence-electron chi connectivity index (χ1n) is 7.08. The van der Waals surface area contributed by atoms with Crippen LogP contribution in [-0.4, -0.2) is 31.7 Å². The highest BCUT2D eigenvalue weighted by Gasteiger charge is 2.23. The lowest BCUT2D eigenvalue weighted by Crippen LogP contribution is -2.50. The van der Waals surface area contributed by atoms with E-state index >= 15 is 0 Å². The Morgan fingerprint density at radius 3 is 2.33 bits per heavy atom. The second kappa shape index (κ2) is 6.42. The van der Waals surface area contributed by atoms with Crippen LogP contribution in [0.5, 0.6) is 0 Å². The van der Waals surface area contributed by atoms with Crippen LogP contribution in [0.1, 0.15) is 49.3 Å². The average Bonchev–Trinajstić information content (AvgIpc) is 2.21. The number of hydrogen-bond donors (Lipinski definition) is 2. The zero-order valence-corrected chi connectivity index (χ0v) is 14.9. The predicted molar refractivity (Wildman–Crippen MR) is 86.9 cm³/mol. The SMILES string of the molecule is Cc1cc(C)c(C(C)NCC(C)(C)NS(C)(=O)=O)c(C)n1. The summed E-state index contributed by atoms with van der Waals surface area (Å²) in [5.74, 6) is 0. The Bertz CT molecular complexity index is 586. The third-order valence-electron chi connectivity index (χ3n) is 3.33. The molecule has 0 fully saturated rings. The first-order valence-corrected chi connectivity index (χ1v) is 8.97. The van der Waals surface area contributed by atoms with Crippen LogP contribution in [0, 0.1) is 20.8 Å². The molecule has 0 saturated heterocycles. The summed E-state index contributed by atoms with van der Waals surface area (Å²) < 4.78 is 25.4. The number of hydrogen-bond acceptors (Lipinski definition) is 4. The van der Waals surface area contributed by atoms with Crippen molar-refractivity contribution in [3.63, 3.8) is 0 Å². The van der Waals surface area contributed by atoms with Gasteiger partial charge >= 0.3 is 0 Å². The van der Waals surface area contributed by atoms with Gasteiger partial charge in [0.25, 0.3) is 0 Å². The second-order valence-corrected chi connectivity index (χ2v) is 8.19. The van der Waals surface area contributed by atoms with Gasteiger partial charge in [0, 0.05) is 29.5 Å². The molecule has 1 aromatic rings. The van der Waals surface area contributed by atoms with Gasteiger partial charge in [-0.2, -0.15) is 0 Å². The third-order valence-corrected chi connectivity index (χ3v) is 4.25. The fraction of sp³-hybridized carbons (Fsp3) is 0.667. The van der Waals surface area contributed by atoms with E-state index in [0.29, 0.717) is 6.54 Å². The lowest BCUT2D eigenvalue weighted by atomic mass is 9.99. The van der Waals surface area contributed by atoms with Crippen LogP contribution in [0.4, 0.5) is 0 Å². The summed E-state index contributed by atoms with van der Waals surface area (Å²) in [7, 11) is -3.22. The van der Waals surface area contributed by atoms with Crippen molar-refractivity contribution in [3.05, 3.63) is 28.6 Å². The first kappa shape index (κ1) is 18.1. The molecule has 0 aliphatic heterocycles. The van der Waals surface area contributed by atoms with Crippen LogP contribution in [0.3, 0.4) is 0 Å². The summed E-state index contributed by atoms with van der Waals surface area (Å²) in [5.41, 5.74) is 3.87. The molecular formula is C15H27N3O2S. The first-order chi connectivity index (χ1) is 9.41. The zero-order valence-electron chi connectivity index (χ0n) is 14.0. The molecule has 2 N–H and O–H groups in total. The smallest absolute Gasteiger partial charge is 0.209 e. The average molecular weight is 313 g/mol. The summed E-state index contributed by atoms with van der Waals surface area (Å²) in [6, 6.07) is 2.18. The molecular weight excluding hydrogens is 286 g/mol. The lowest BCUT2D eigenvalue weighted by molar-refractivity contribution is 0.398. The van der Waals surface area contributed by atoms with Crippen LogP contribution in [-0.2, 0) is 10.0 Å². The van der Waals surface area contributed by atoms with Crippen molar-refractivity contribution in [2.75, 3.05) is 12.8 Å². The minimum atomic E-state index is -3.22. The van der Waals surface area contributed by atoms with Gasteiger partial charge in [0.15, 0.2) is 0 Å². The Morgan fingerprint density at radius 1 is 1.29 bits per heavy atom. The maximum absolute atomic E-state index is 11.4. The normalized spacial score (nSPS) is 14.2. The standard InChI is InChI=1S/C15H27N3O2S/c1-10-8-11(2)17-13(4)14(10)12(3)16-9-15(5,6)18-21(7,19)20/h8,12,16,18H,9H2,1-7H3. The number of nitrogens with zero attached hydrogens (tertiary/aromatic N) is 1. The minimum Gasteiger partial charge on any atom is -0.308 e. The van der Waals surface area contributed by atoms with E-state index in [4.69, 9.17) is 0 Å². The molecule has 1 unspecified atom stereocenters. The van der Waals surface area contributed by atoms with Gasteiger partial charge in [-0.05, 0) is 58.7 Å². The van der Waals surface area contributed by atoms with Crippen LogP contribution in [0.15, 0.2) is 6.07 Å². The Balaban J connectivity index is 2.81. The van der Waals surface area contributed by atoms with Gasteiger partial charge < -0.3 is 5.32 Å². The summed E-state index contributed by atoms with van der Waals surface area (Å²) >= 11 is 0. The van der Waals surface area contributed by atoms with E-state index in [1.807, 2.05) is 27.7 Å². The number of pyridine rings is 1. The fourth-order valence-corrected chi connectivity index (χ4v) is 3.81. The molecule has 0 amide bonds. The van der Waals surface area contributed by atoms with E-state index in [1.54, 1.807) is 0 Å². The molecule has 21 heavy (non-hydrogen) atoms. The summed E-state index contributed by atoms with van der Waals surface area (Å²) in [6.07, 6.45) is 1.18. The molecule has 5 nitrogen and oxygen atoms in total. The highest BCUT2D eigenvalue weighted by atomic mass is 32.2. The van der Waals surface area contributed by atoms with E-state index in [0.717, 1.165) is 11.4 Å². The molecule has 0 radical (unpaired) electrons. The quantitative estimate of drug-likeness (QED) is 0.842. The highest BCUT2D eigenvalue weighted by molar-refractivity contribution is 7.88. The van der Waals surface area contributed by atoms with Crippen molar-refractivity contribution in [1.29, 1.82) is 0 Å². The van der Waals surface area contributed by atoms with Gasteiger partial charge in [0.1, 0.15) is 0 Å². The monoisotopic (exact) mass is 313 g/mol. The van der Waals surface area contributed by atoms with Crippen molar-refractivity contribution >= 4 is 10.0 Å². The molecule has 0 aliphatic carbocycles. The van der Waals surface area contributed by atoms with Crippen molar-refractivity contribution < 1.29 is 8.42 Å². The van der Waals surface area contributed by atoms with Crippen molar-refractivity contribution in [3.8, 4) is 0 Å². The fourth-order valence-electron chi connectivity index (χ4n) is 2.74. The second-order valence-electron chi connectivity index (χ2n) is 6.44. The minimum absolute atomic E-state index is 0.110. The molecule has 0 aliphatic rings. The third kappa shape index (κ3) is 5.73. The molecule has 1 rings (SSSR count). The molecule has 1 heterocycles. The molecule has 6 heteroatoms. The number of aryl methyl sites for hydroxylation is 3. The lowest BCUT2D eigenvalue weighted by Gasteiger charge is -2.28. The van der Waals surface area contributed by atoms with Crippen LogP contribution >= 0.6 is 0 Å². The molecule has 1 aromatic heterocycles. The Morgan fingerprint density at radius 2 is 1.86 bits per heavy atom. The van der Waals surface area contributed by atoms with Crippen LogP contribution in [0.2, 0.25) is 0 Å². The van der Waals surface area contributed by atoms with Crippen molar-refractivity contribution in [2.45, 2.75) is 53.1 Å². The highest BCUT2D eigenvalue weighted by Crippen LogP contribution is 2.21. The van der Waals surface area contributed by atoms with E-state index in [1.165, 1.54) is 17.4 Å². The predicted octanol–water partition coefficient (Wildman–Crippen LogP) is 1.99. The molecule has 0 saturated carbocycles. The summed E-state index contributed by atoms with van der Waals surface area (Å²) in [6.45, 7) is 12.4.